The van der Waals surface area contributed by atoms with Crippen LogP contribution in [-0.2, 0) is 9.59 Å². The van der Waals surface area contributed by atoms with Crippen LogP contribution in [0.1, 0.15) is 40.5 Å². The predicted molar refractivity (Wildman–Crippen MR) is 94.5 cm³/mol. The Morgan fingerprint density at radius 3 is 1.28 bits per heavy atom. The largest absolute Gasteiger partial charge is 0.481 e. The highest BCUT2D eigenvalue weighted by atomic mass is 16.4. The van der Waals surface area contributed by atoms with Crippen molar-refractivity contribution in [2.45, 2.75) is 52.6 Å². The average Bonchev–Trinajstić information content (AvgIpc) is 3.43. The van der Waals surface area contributed by atoms with E-state index in [1.165, 1.54) is 0 Å². The van der Waals surface area contributed by atoms with Crippen molar-refractivity contribution in [3.05, 3.63) is 0 Å². The standard InChI is InChI=1S/2C6H11NO2.C5H12O2/c2*1-5-4-7(5)3-2-6(8)9;1-5(2,3-6)4-7/h2*5H,2-4H2,1H3,(H,8,9);6-7H,3-4H2,1-2H3. The van der Waals surface area contributed by atoms with Gasteiger partial charge in [0.15, 0.2) is 0 Å². The van der Waals surface area contributed by atoms with Crippen molar-refractivity contribution in [2.24, 2.45) is 5.41 Å². The molecule has 2 aliphatic heterocycles. The van der Waals surface area contributed by atoms with Crippen molar-refractivity contribution in [3.63, 3.8) is 0 Å². The summed E-state index contributed by atoms with van der Waals surface area (Å²) in [5, 5.41) is 33.4. The second-order valence-electron chi connectivity index (χ2n) is 7.46. The number of aliphatic hydroxyl groups excluding tert-OH is 2. The summed E-state index contributed by atoms with van der Waals surface area (Å²) < 4.78 is 0. The lowest BCUT2D eigenvalue weighted by Crippen LogP contribution is -2.20. The van der Waals surface area contributed by atoms with Gasteiger partial charge in [-0.25, -0.2) is 0 Å². The summed E-state index contributed by atoms with van der Waals surface area (Å²) in [6, 6.07) is 1.26. The predicted octanol–water partition coefficient (Wildman–Crippen LogP) is 0.328. The Hall–Kier alpha value is -1.22. The van der Waals surface area contributed by atoms with Crippen LogP contribution in [0.2, 0.25) is 0 Å². The number of nitrogens with zero attached hydrogens (tertiary/aromatic N) is 2. The highest BCUT2D eigenvalue weighted by molar-refractivity contribution is 5.67. The van der Waals surface area contributed by atoms with Crippen LogP contribution >= 0.6 is 0 Å². The molecule has 2 heterocycles. The van der Waals surface area contributed by atoms with Crippen molar-refractivity contribution in [1.82, 2.24) is 9.80 Å². The van der Waals surface area contributed by atoms with Gasteiger partial charge in [-0.05, 0) is 13.8 Å². The van der Waals surface area contributed by atoms with E-state index >= 15 is 0 Å². The lowest BCUT2D eigenvalue weighted by Gasteiger charge is -2.16. The summed E-state index contributed by atoms with van der Waals surface area (Å²) in [7, 11) is 0. The maximum atomic E-state index is 10.0. The molecule has 2 saturated heterocycles. The molecular weight excluding hydrogens is 328 g/mol. The Balaban J connectivity index is 0.000000350. The molecule has 0 saturated carbocycles. The van der Waals surface area contributed by atoms with Gasteiger partial charge in [-0.2, -0.15) is 0 Å². The molecule has 4 N–H and O–H groups in total. The van der Waals surface area contributed by atoms with Gasteiger partial charge in [0, 0.05) is 43.7 Å². The number of carboxylic acids is 2. The first kappa shape index (κ1) is 23.8. The van der Waals surface area contributed by atoms with Gasteiger partial charge in [0.05, 0.1) is 26.1 Å². The van der Waals surface area contributed by atoms with Gasteiger partial charge in [-0.3, -0.25) is 19.4 Å². The second kappa shape index (κ2) is 11.4. The van der Waals surface area contributed by atoms with Gasteiger partial charge in [-0.1, -0.05) is 13.8 Å². The minimum atomic E-state index is -0.700. The van der Waals surface area contributed by atoms with Gasteiger partial charge >= 0.3 is 11.9 Å². The highest BCUT2D eigenvalue weighted by Crippen LogP contribution is 2.15. The van der Waals surface area contributed by atoms with E-state index in [9.17, 15) is 9.59 Å². The van der Waals surface area contributed by atoms with Crippen molar-refractivity contribution < 1.29 is 30.0 Å². The lowest BCUT2D eigenvalue weighted by atomic mass is 9.97. The number of aliphatic hydroxyl groups is 2. The Kier molecular flexibility index (Phi) is 10.8. The first-order valence-corrected chi connectivity index (χ1v) is 8.65. The fourth-order valence-electron chi connectivity index (χ4n) is 1.74. The quantitative estimate of drug-likeness (QED) is 0.456. The molecule has 0 aromatic rings. The Morgan fingerprint density at radius 2 is 1.16 bits per heavy atom. The third-order valence-electron chi connectivity index (χ3n) is 4.06. The molecule has 0 aliphatic carbocycles. The first-order valence-electron chi connectivity index (χ1n) is 8.65. The molecule has 0 spiro atoms. The van der Waals surface area contributed by atoms with E-state index in [4.69, 9.17) is 20.4 Å². The third-order valence-corrected chi connectivity index (χ3v) is 4.06. The van der Waals surface area contributed by atoms with E-state index in [0.717, 1.165) is 26.2 Å². The number of rotatable bonds is 8. The summed E-state index contributed by atoms with van der Waals surface area (Å²) >= 11 is 0. The van der Waals surface area contributed by atoms with Crippen LogP contribution < -0.4 is 0 Å². The molecule has 25 heavy (non-hydrogen) atoms. The fraction of sp³-hybridized carbons (Fsp3) is 0.882. The van der Waals surface area contributed by atoms with Crippen LogP contribution in [0.25, 0.3) is 0 Å². The van der Waals surface area contributed by atoms with Gasteiger partial charge in [0.25, 0.3) is 0 Å². The van der Waals surface area contributed by atoms with Crippen LogP contribution in [0.5, 0.6) is 0 Å². The van der Waals surface area contributed by atoms with E-state index in [1.54, 1.807) is 13.8 Å². The molecule has 0 aromatic carbocycles. The average molecular weight is 362 g/mol. The molecule has 148 valence electrons. The van der Waals surface area contributed by atoms with Gasteiger partial charge in [0.2, 0.25) is 0 Å². The zero-order valence-electron chi connectivity index (χ0n) is 15.8. The minimum absolute atomic E-state index is 0.0451. The normalized spacial score (nSPS) is 26.5. The van der Waals surface area contributed by atoms with Gasteiger partial charge in [0.1, 0.15) is 0 Å². The number of hydrogen-bond acceptors (Lipinski definition) is 6. The van der Waals surface area contributed by atoms with Gasteiger partial charge in [-0.15, -0.1) is 0 Å². The molecular formula is C17H34N2O6. The van der Waals surface area contributed by atoms with Crippen LogP contribution in [0, 0.1) is 5.41 Å². The van der Waals surface area contributed by atoms with Gasteiger partial charge < -0.3 is 20.4 Å². The molecule has 4 unspecified atom stereocenters. The Morgan fingerprint density at radius 1 is 0.880 bits per heavy atom. The van der Waals surface area contributed by atoms with E-state index in [0.29, 0.717) is 12.1 Å². The van der Waals surface area contributed by atoms with Crippen molar-refractivity contribution in [3.8, 4) is 0 Å². The number of carbonyl (C=O) groups is 2. The summed E-state index contributed by atoms with van der Waals surface area (Å²) in [5.74, 6) is -1.40. The molecule has 0 bridgehead atoms. The fourth-order valence-corrected chi connectivity index (χ4v) is 1.74. The number of hydrogen-bond donors (Lipinski definition) is 4. The summed E-state index contributed by atoms with van der Waals surface area (Å²) in [6.07, 6.45) is 0.564. The highest BCUT2D eigenvalue weighted by Gasteiger charge is 2.28. The Bertz CT molecular complexity index is 380. The Labute approximate surface area is 150 Å². The molecule has 2 aliphatic rings. The molecule has 0 radical (unpaired) electrons. The van der Waals surface area contributed by atoms with Crippen LogP contribution in [0.4, 0.5) is 0 Å². The maximum absolute atomic E-state index is 10.0. The topological polar surface area (TPSA) is 121 Å². The number of carboxylic acid groups (broad SMARTS) is 2. The minimum Gasteiger partial charge on any atom is -0.481 e. The molecule has 0 aromatic heterocycles. The molecule has 8 heteroatoms. The molecule has 2 fully saturated rings. The summed E-state index contributed by atoms with van der Waals surface area (Å²) in [5.41, 5.74) is -0.306. The molecule has 4 atom stereocenters. The smallest absolute Gasteiger partial charge is 0.304 e. The monoisotopic (exact) mass is 362 g/mol. The number of aliphatic carboxylic acids is 2. The summed E-state index contributed by atoms with van der Waals surface area (Å²) in [4.78, 5) is 24.3. The summed E-state index contributed by atoms with van der Waals surface area (Å²) in [6.45, 7) is 11.5. The lowest BCUT2D eigenvalue weighted by molar-refractivity contribution is -0.138. The maximum Gasteiger partial charge on any atom is 0.304 e. The first-order chi connectivity index (χ1) is 11.5. The molecule has 8 nitrogen and oxygen atoms in total. The zero-order chi connectivity index (χ0) is 19.6. The van der Waals surface area contributed by atoms with E-state index in [2.05, 4.69) is 23.6 Å². The van der Waals surface area contributed by atoms with Crippen LogP contribution in [-0.4, -0.2) is 93.6 Å². The zero-order valence-corrected chi connectivity index (χ0v) is 15.8. The van der Waals surface area contributed by atoms with E-state index < -0.39 is 11.9 Å². The molecule has 2 rings (SSSR count). The van der Waals surface area contributed by atoms with Crippen molar-refractivity contribution >= 4 is 11.9 Å². The van der Waals surface area contributed by atoms with Crippen LogP contribution in [0.3, 0.4) is 0 Å². The molecule has 0 amide bonds. The second-order valence-corrected chi connectivity index (χ2v) is 7.46. The van der Waals surface area contributed by atoms with E-state index in [1.807, 2.05) is 0 Å². The van der Waals surface area contributed by atoms with E-state index in [-0.39, 0.29) is 31.5 Å². The SMILES string of the molecule is CC(C)(CO)CO.CC1CN1CCC(=O)O.CC1CN1CCC(=O)O. The third kappa shape index (κ3) is 13.7. The van der Waals surface area contributed by atoms with Crippen molar-refractivity contribution in [2.75, 3.05) is 39.4 Å². The van der Waals surface area contributed by atoms with Crippen LogP contribution in [0.15, 0.2) is 0 Å². The van der Waals surface area contributed by atoms with Crippen molar-refractivity contribution in [1.29, 1.82) is 0 Å².